The molecule has 0 aromatic rings. The zero-order valence-corrected chi connectivity index (χ0v) is 7.23. The number of rotatable bonds is 1. The summed E-state index contributed by atoms with van der Waals surface area (Å²) in [7, 11) is 1.22. The van der Waals surface area contributed by atoms with Gasteiger partial charge in [-0.05, 0) is 25.9 Å². The molecule has 1 aliphatic rings. The lowest BCUT2D eigenvalue weighted by molar-refractivity contribution is -0.155. The molecule has 1 saturated heterocycles. The molecule has 0 amide bonds. The molecular weight excluding hydrogens is 161 g/mol. The number of esters is 1. The monoisotopic (exact) mass is 175 g/mol. The van der Waals surface area contributed by atoms with Gasteiger partial charge in [0.25, 0.3) is 0 Å². The Kier molecular flexibility index (Phi) is 3.03. The summed E-state index contributed by atoms with van der Waals surface area (Å²) in [6, 6.07) is 0. The topological polar surface area (TPSA) is 38.3 Å². The zero-order chi connectivity index (χ0) is 9.03. The number of hydrogen-bond donors (Lipinski definition) is 1. The molecule has 0 bridgehead atoms. The van der Waals surface area contributed by atoms with Crippen molar-refractivity contribution < 1.29 is 13.9 Å². The van der Waals surface area contributed by atoms with Gasteiger partial charge in [0.2, 0.25) is 5.67 Å². The van der Waals surface area contributed by atoms with Crippen molar-refractivity contribution in [2.24, 2.45) is 0 Å². The van der Waals surface area contributed by atoms with Crippen LogP contribution in [0.4, 0.5) is 4.39 Å². The van der Waals surface area contributed by atoms with E-state index >= 15 is 0 Å². The van der Waals surface area contributed by atoms with Crippen molar-refractivity contribution in [1.82, 2.24) is 5.32 Å². The van der Waals surface area contributed by atoms with Crippen LogP contribution < -0.4 is 5.32 Å². The van der Waals surface area contributed by atoms with E-state index in [0.717, 1.165) is 6.54 Å². The molecule has 3 nitrogen and oxygen atoms in total. The van der Waals surface area contributed by atoms with E-state index in [0.29, 0.717) is 13.0 Å². The van der Waals surface area contributed by atoms with Crippen LogP contribution >= 0.6 is 0 Å². The first-order valence-electron chi connectivity index (χ1n) is 4.17. The average Bonchev–Trinajstić information content (AvgIpc) is 2.29. The number of carbonyl (C=O) groups excluding carboxylic acids is 1. The second-order valence-corrected chi connectivity index (χ2v) is 3.06. The number of hydrogen-bond acceptors (Lipinski definition) is 3. The fourth-order valence-corrected chi connectivity index (χ4v) is 1.42. The first-order chi connectivity index (χ1) is 5.69. The number of alkyl halides is 1. The highest BCUT2D eigenvalue weighted by Gasteiger charge is 2.39. The first kappa shape index (κ1) is 9.45. The van der Waals surface area contributed by atoms with Crippen molar-refractivity contribution in [3.05, 3.63) is 0 Å². The van der Waals surface area contributed by atoms with E-state index in [9.17, 15) is 9.18 Å². The van der Waals surface area contributed by atoms with Crippen molar-refractivity contribution in [2.45, 2.75) is 24.9 Å². The standard InChI is InChI=1S/C8H14FNO2/c1-12-7(11)8(9)3-2-5-10-6-4-8/h10H,2-6H2,1H3/t8-/m1/s1. The van der Waals surface area contributed by atoms with Crippen LogP contribution in [-0.2, 0) is 9.53 Å². The third-order valence-corrected chi connectivity index (χ3v) is 2.18. The number of methoxy groups -OCH3 is 1. The van der Waals surface area contributed by atoms with Crippen molar-refractivity contribution in [1.29, 1.82) is 0 Å². The number of carbonyl (C=O) groups is 1. The highest BCUT2D eigenvalue weighted by Crippen LogP contribution is 2.25. The maximum Gasteiger partial charge on any atom is 0.343 e. The second kappa shape index (κ2) is 3.85. The van der Waals surface area contributed by atoms with Crippen LogP contribution in [0.15, 0.2) is 0 Å². The van der Waals surface area contributed by atoms with Crippen LogP contribution in [-0.4, -0.2) is 31.8 Å². The number of halogens is 1. The molecule has 0 aromatic carbocycles. The lowest BCUT2D eigenvalue weighted by Crippen LogP contribution is -2.35. The Balaban J connectivity index is 2.59. The summed E-state index contributed by atoms with van der Waals surface area (Å²) in [6.07, 6.45) is 1.18. The predicted molar refractivity (Wildman–Crippen MR) is 42.6 cm³/mol. The van der Waals surface area contributed by atoms with Gasteiger partial charge in [-0.15, -0.1) is 0 Å². The van der Waals surface area contributed by atoms with Crippen molar-refractivity contribution in [3.63, 3.8) is 0 Å². The Morgan fingerprint density at radius 2 is 2.25 bits per heavy atom. The number of ether oxygens (including phenoxy) is 1. The molecule has 1 atom stereocenters. The normalized spacial score (nSPS) is 30.8. The zero-order valence-electron chi connectivity index (χ0n) is 7.23. The van der Waals surface area contributed by atoms with Crippen LogP contribution in [0.25, 0.3) is 0 Å². The van der Waals surface area contributed by atoms with E-state index in [1.54, 1.807) is 0 Å². The average molecular weight is 175 g/mol. The molecule has 0 radical (unpaired) electrons. The highest BCUT2D eigenvalue weighted by atomic mass is 19.1. The van der Waals surface area contributed by atoms with Gasteiger partial charge < -0.3 is 10.1 Å². The molecule has 0 unspecified atom stereocenters. The highest BCUT2D eigenvalue weighted by molar-refractivity contribution is 5.79. The largest absolute Gasteiger partial charge is 0.467 e. The minimum absolute atomic E-state index is 0.222. The SMILES string of the molecule is COC(=O)[C@@]1(F)CCCNCC1. The maximum absolute atomic E-state index is 13.7. The molecule has 0 spiro atoms. The van der Waals surface area contributed by atoms with Crippen molar-refractivity contribution >= 4 is 5.97 Å². The van der Waals surface area contributed by atoms with Gasteiger partial charge in [-0.2, -0.15) is 0 Å². The summed E-state index contributed by atoms with van der Waals surface area (Å²) in [6.45, 7) is 1.33. The molecule has 70 valence electrons. The Morgan fingerprint density at radius 1 is 1.50 bits per heavy atom. The summed E-state index contributed by atoms with van der Waals surface area (Å²) >= 11 is 0. The van der Waals surface area contributed by atoms with Crippen LogP contribution in [0.1, 0.15) is 19.3 Å². The Hall–Kier alpha value is -0.640. The van der Waals surface area contributed by atoms with E-state index < -0.39 is 11.6 Å². The first-order valence-corrected chi connectivity index (χ1v) is 4.17. The lowest BCUT2D eigenvalue weighted by Gasteiger charge is -2.19. The van der Waals surface area contributed by atoms with Crippen LogP contribution in [0.3, 0.4) is 0 Å². The van der Waals surface area contributed by atoms with Crippen molar-refractivity contribution in [3.8, 4) is 0 Å². The minimum Gasteiger partial charge on any atom is -0.467 e. The van der Waals surface area contributed by atoms with E-state index in [2.05, 4.69) is 10.1 Å². The quantitative estimate of drug-likeness (QED) is 0.594. The molecule has 1 rings (SSSR count). The second-order valence-electron chi connectivity index (χ2n) is 3.06. The Bertz CT molecular complexity index is 164. The minimum atomic E-state index is -1.75. The van der Waals surface area contributed by atoms with E-state index in [1.165, 1.54) is 7.11 Å². The molecular formula is C8H14FNO2. The fourth-order valence-electron chi connectivity index (χ4n) is 1.42. The molecule has 1 heterocycles. The smallest absolute Gasteiger partial charge is 0.343 e. The van der Waals surface area contributed by atoms with Gasteiger partial charge in [0.15, 0.2) is 0 Å². The molecule has 0 aromatic heterocycles. The van der Waals surface area contributed by atoms with Crippen molar-refractivity contribution in [2.75, 3.05) is 20.2 Å². The van der Waals surface area contributed by atoms with Crippen LogP contribution in [0.5, 0.6) is 0 Å². The van der Waals surface area contributed by atoms with Crippen LogP contribution in [0.2, 0.25) is 0 Å². The summed E-state index contributed by atoms with van der Waals surface area (Å²) < 4.78 is 18.1. The van der Waals surface area contributed by atoms with Gasteiger partial charge in [0, 0.05) is 6.42 Å². The summed E-state index contributed by atoms with van der Waals surface area (Å²) in [5, 5.41) is 3.03. The molecule has 1 N–H and O–H groups in total. The predicted octanol–water partition coefficient (Wildman–Crippen LogP) is 0.641. The van der Waals surface area contributed by atoms with Crippen LogP contribution in [0, 0.1) is 0 Å². The summed E-state index contributed by atoms with van der Waals surface area (Å²) in [5.41, 5.74) is -1.75. The Labute approximate surface area is 71.3 Å². The van der Waals surface area contributed by atoms with Gasteiger partial charge in [0.1, 0.15) is 0 Å². The number of nitrogens with one attached hydrogen (secondary N) is 1. The molecule has 0 saturated carbocycles. The lowest BCUT2D eigenvalue weighted by atomic mass is 9.97. The van der Waals surface area contributed by atoms with Gasteiger partial charge in [-0.3, -0.25) is 0 Å². The van der Waals surface area contributed by atoms with E-state index in [-0.39, 0.29) is 12.8 Å². The van der Waals surface area contributed by atoms with Gasteiger partial charge >= 0.3 is 5.97 Å². The van der Waals surface area contributed by atoms with Gasteiger partial charge in [-0.1, -0.05) is 0 Å². The molecule has 1 fully saturated rings. The fraction of sp³-hybridized carbons (Fsp3) is 0.875. The van der Waals surface area contributed by atoms with E-state index in [4.69, 9.17) is 0 Å². The van der Waals surface area contributed by atoms with Gasteiger partial charge in [0.05, 0.1) is 7.11 Å². The third kappa shape index (κ3) is 1.94. The summed E-state index contributed by atoms with van der Waals surface area (Å²) in [4.78, 5) is 11.0. The third-order valence-electron chi connectivity index (χ3n) is 2.18. The molecule has 12 heavy (non-hydrogen) atoms. The molecule has 1 aliphatic heterocycles. The summed E-state index contributed by atoms with van der Waals surface area (Å²) in [5.74, 6) is -0.730. The molecule has 4 heteroatoms. The van der Waals surface area contributed by atoms with Gasteiger partial charge in [-0.25, -0.2) is 9.18 Å². The maximum atomic E-state index is 13.7. The van der Waals surface area contributed by atoms with E-state index in [1.807, 2.05) is 0 Å². The molecule has 0 aliphatic carbocycles. The Morgan fingerprint density at radius 3 is 2.92 bits per heavy atom.